The van der Waals surface area contributed by atoms with Gasteiger partial charge < -0.3 is 10.1 Å². The van der Waals surface area contributed by atoms with Crippen LogP contribution in [0, 0.1) is 13.8 Å². The van der Waals surface area contributed by atoms with Crippen LogP contribution in [0.5, 0.6) is 5.75 Å². The highest BCUT2D eigenvalue weighted by Gasteiger charge is 2.22. The Kier molecular flexibility index (Phi) is 7.30. The molecule has 158 valence electrons. The van der Waals surface area contributed by atoms with Gasteiger partial charge in [0, 0.05) is 6.07 Å². The molecule has 0 saturated heterocycles. The lowest BCUT2D eigenvalue weighted by Gasteiger charge is -2.24. The second-order valence-electron chi connectivity index (χ2n) is 7.58. The topological polar surface area (TPSA) is 75.7 Å². The van der Waals surface area contributed by atoms with E-state index in [1.807, 2.05) is 52.8 Å². The minimum Gasteiger partial charge on any atom is -0.491 e. The number of sulfonamides is 1. The predicted octanol–water partition coefficient (Wildman–Crippen LogP) is 3.73. The van der Waals surface area contributed by atoms with E-state index >= 15 is 0 Å². The van der Waals surface area contributed by atoms with Gasteiger partial charge in [0.25, 0.3) is 0 Å². The third-order valence-corrected chi connectivity index (χ3v) is 5.58. The number of rotatable bonds is 8. The number of carbonyl (C=O) groups excluding carboxylic acids is 1. The molecule has 0 aliphatic carbocycles. The van der Waals surface area contributed by atoms with Crippen LogP contribution in [0.2, 0.25) is 0 Å². The van der Waals surface area contributed by atoms with Gasteiger partial charge in [-0.05, 0) is 57.9 Å². The molecule has 0 aliphatic rings. The van der Waals surface area contributed by atoms with E-state index < -0.39 is 10.0 Å². The van der Waals surface area contributed by atoms with Crippen molar-refractivity contribution in [1.29, 1.82) is 0 Å². The van der Waals surface area contributed by atoms with Crippen LogP contribution < -0.4 is 14.4 Å². The van der Waals surface area contributed by atoms with Crippen molar-refractivity contribution in [1.82, 2.24) is 5.32 Å². The Morgan fingerprint density at radius 3 is 2.41 bits per heavy atom. The van der Waals surface area contributed by atoms with Crippen LogP contribution in [-0.4, -0.2) is 33.2 Å². The normalized spacial score (nSPS) is 12.5. The molecule has 0 heterocycles. The Balaban J connectivity index is 2.20. The minimum absolute atomic E-state index is 0.0429. The van der Waals surface area contributed by atoms with E-state index in [2.05, 4.69) is 5.32 Å². The molecular formula is C22H30N2O4S. The van der Waals surface area contributed by atoms with Gasteiger partial charge in [-0.1, -0.05) is 29.8 Å². The molecule has 6 nitrogen and oxygen atoms in total. The highest BCUT2D eigenvalue weighted by atomic mass is 32.2. The number of ether oxygens (including phenoxy) is 1. The fourth-order valence-electron chi connectivity index (χ4n) is 3.11. The van der Waals surface area contributed by atoms with Gasteiger partial charge in [0.15, 0.2) is 0 Å². The lowest BCUT2D eigenvalue weighted by molar-refractivity contribution is -0.120. The van der Waals surface area contributed by atoms with Crippen molar-refractivity contribution in [2.24, 2.45) is 0 Å². The van der Waals surface area contributed by atoms with Crippen molar-refractivity contribution in [3.05, 3.63) is 59.2 Å². The summed E-state index contributed by atoms with van der Waals surface area (Å²) in [5.74, 6) is 0.175. The SMILES string of the molecule is Cc1ccc(C)c(C(C)NC(=O)CN(c2cccc(OC(C)C)c2)S(C)(=O)=O)c1. The van der Waals surface area contributed by atoms with Crippen LogP contribution in [-0.2, 0) is 14.8 Å². The lowest BCUT2D eigenvalue weighted by Crippen LogP contribution is -2.41. The molecule has 1 unspecified atom stereocenters. The number of nitrogens with one attached hydrogen (secondary N) is 1. The molecule has 0 spiro atoms. The number of carbonyl (C=O) groups is 1. The fourth-order valence-corrected chi connectivity index (χ4v) is 3.95. The number of benzene rings is 2. The predicted molar refractivity (Wildman–Crippen MR) is 117 cm³/mol. The van der Waals surface area contributed by atoms with Gasteiger partial charge in [-0.25, -0.2) is 8.42 Å². The maximum Gasteiger partial charge on any atom is 0.241 e. The molecule has 1 amide bonds. The van der Waals surface area contributed by atoms with Crippen molar-refractivity contribution < 1.29 is 17.9 Å². The summed E-state index contributed by atoms with van der Waals surface area (Å²) in [6, 6.07) is 12.6. The van der Waals surface area contributed by atoms with Gasteiger partial charge in [0.1, 0.15) is 12.3 Å². The Morgan fingerprint density at radius 2 is 1.79 bits per heavy atom. The zero-order valence-electron chi connectivity index (χ0n) is 17.9. The number of amides is 1. The van der Waals surface area contributed by atoms with E-state index in [0.717, 1.165) is 27.3 Å². The van der Waals surface area contributed by atoms with Gasteiger partial charge in [-0.3, -0.25) is 9.10 Å². The molecule has 2 aromatic rings. The van der Waals surface area contributed by atoms with Crippen LogP contribution in [0.25, 0.3) is 0 Å². The van der Waals surface area contributed by atoms with E-state index in [9.17, 15) is 13.2 Å². The first-order valence-electron chi connectivity index (χ1n) is 9.58. The highest BCUT2D eigenvalue weighted by Crippen LogP contribution is 2.24. The smallest absolute Gasteiger partial charge is 0.241 e. The summed E-state index contributed by atoms with van der Waals surface area (Å²) in [5.41, 5.74) is 3.57. The van der Waals surface area contributed by atoms with Crippen molar-refractivity contribution in [3.8, 4) is 5.75 Å². The zero-order valence-corrected chi connectivity index (χ0v) is 18.7. The number of nitrogens with zero attached hydrogens (tertiary/aromatic N) is 1. The Morgan fingerprint density at radius 1 is 1.10 bits per heavy atom. The molecule has 2 aromatic carbocycles. The van der Waals surface area contributed by atoms with Crippen LogP contribution in [0.1, 0.15) is 43.5 Å². The second kappa shape index (κ2) is 9.31. The molecule has 0 aromatic heterocycles. The number of aryl methyl sites for hydroxylation is 2. The fraction of sp³-hybridized carbons (Fsp3) is 0.409. The van der Waals surface area contributed by atoms with Gasteiger partial charge in [-0.2, -0.15) is 0 Å². The van der Waals surface area contributed by atoms with Crippen molar-refractivity contribution in [2.45, 2.75) is 46.8 Å². The monoisotopic (exact) mass is 418 g/mol. The first-order chi connectivity index (χ1) is 13.5. The summed E-state index contributed by atoms with van der Waals surface area (Å²) in [7, 11) is -3.66. The molecule has 0 saturated carbocycles. The van der Waals surface area contributed by atoms with Crippen molar-refractivity contribution >= 4 is 21.6 Å². The first-order valence-corrected chi connectivity index (χ1v) is 11.4. The Hall–Kier alpha value is -2.54. The lowest BCUT2D eigenvalue weighted by atomic mass is 10.00. The molecule has 7 heteroatoms. The van der Waals surface area contributed by atoms with Crippen LogP contribution in [0.4, 0.5) is 5.69 Å². The molecule has 0 bridgehead atoms. The van der Waals surface area contributed by atoms with Gasteiger partial charge in [-0.15, -0.1) is 0 Å². The maximum atomic E-state index is 12.7. The van der Waals surface area contributed by atoms with E-state index in [1.165, 1.54) is 0 Å². The van der Waals surface area contributed by atoms with Crippen LogP contribution in [0.15, 0.2) is 42.5 Å². The molecule has 0 radical (unpaired) electrons. The highest BCUT2D eigenvalue weighted by molar-refractivity contribution is 7.92. The zero-order chi connectivity index (χ0) is 21.8. The average molecular weight is 419 g/mol. The molecule has 29 heavy (non-hydrogen) atoms. The summed E-state index contributed by atoms with van der Waals surface area (Å²) < 4.78 is 31.5. The van der Waals surface area contributed by atoms with Crippen LogP contribution in [0.3, 0.4) is 0 Å². The minimum atomic E-state index is -3.66. The largest absolute Gasteiger partial charge is 0.491 e. The molecule has 1 atom stereocenters. The average Bonchev–Trinajstić information content (AvgIpc) is 2.60. The van der Waals surface area contributed by atoms with E-state index in [0.29, 0.717) is 11.4 Å². The number of hydrogen-bond donors (Lipinski definition) is 1. The third kappa shape index (κ3) is 6.49. The summed E-state index contributed by atoms with van der Waals surface area (Å²) in [4.78, 5) is 12.7. The quantitative estimate of drug-likeness (QED) is 0.709. The molecule has 0 fully saturated rings. The summed E-state index contributed by atoms with van der Waals surface area (Å²) in [6.45, 7) is 9.35. The number of anilines is 1. The summed E-state index contributed by atoms with van der Waals surface area (Å²) in [5, 5.41) is 2.91. The number of hydrogen-bond acceptors (Lipinski definition) is 4. The summed E-state index contributed by atoms with van der Waals surface area (Å²) in [6.07, 6.45) is 1.04. The second-order valence-corrected chi connectivity index (χ2v) is 9.49. The molecule has 0 aliphatic heterocycles. The Labute approximate surface area is 173 Å². The molecular weight excluding hydrogens is 388 g/mol. The molecule has 1 N–H and O–H groups in total. The maximum absolute atomic E-state index is 12.7. The first kappa shape index (κ1) is 22.7. The Bertz CT molecular complexity index is 971. The van der Waals surface area contributed by atoms with Gasteiger partial charge >= 0.3 is 0 Å². The van der Waals surface area contributed by atoms with Crippen molar-refractivity contribution in [3.63, 3.8) is 0 Å². The van der Waals surface area contributed by atoms with Crippen molar-refractivity contribution in [2.75, 3.05) is 17.1 Å². The molecule has 2 rings (SSSR count). The van der Waals surface area contributed by atoms with E-state index in [-0.39, 0.29) is 24.6 Å². The van der Waals surface area contributed by atoms with Gasteiger partial charge in [0.2, 0.25) is 15.9 Å². The third-order valence-electron chi connectivity index (χ3n) is 4.44. The van der Waals surface area contributed by atoms with Crippen LogP contribution >= 0.6 is 0 Å². The van der Waals surface area contributed by atoms with E-state index in [4.69, 9.17) is 4.74 Å². The summed E-state index contributed by atoms with van der Waals surface area (Å²) >= 11 is 0. The van der Waals surface area contributed by atoms with Gasteiger partial charge in [0.05, 0.1) is 24.1 Å². The van der Waals surface area contributed by atoms with E-state index in [1.54, 1.807) is 24.3 Å². The standard InChI is InChI=1S/C22H30N2O4S/c1-15(2)28-20-9-7-8-19(13-20)24(29(6,26)27)14-22(25)23-18(5)21-12-16(3)10-11-17(21)4/h7-13,15,18H,14H2,1-6H3,(H,23,25).